The van der Waals surface area contributed by atoms with Crippen LogP contribution in [0, 0.1) is 0 Å². The molecule has 0 aliphatic carbocycles. The fourth-order valence-corrected chi connectivity index (χ4v) is 5.07. The first-order valence-electron chi connectivity index (χ1n) is 11.5. The first kappa shape index (κ1) is 22.2. The fraction of sp³-hybridized carbons (Fsp3) is 0.214. The molecule has 5 aromatic rings. The van der Waals surface area contributed by atoms with Crippen LogP contribution in [0.5, 0.6) is 5.75 Å². The molecule has 3 aromatic carbocycles. The Labute approximate surface area is 202 Å². The number of amides is 1. The molecule has 0 saturated carbocycles. The van der Waals surface area contributed by atoms with Gasteiger partial charge in [-0.25, -0.2) is 4.98 Å². The van der Waals surface area contributed by atoms with Crippen molar-refractivity contribution in [1.29, 1.82) is 0 Å². The van der Waals surface area contributed by atoms with E-state index in [1.165, 1.54) is 16.9 Å². The molecule has 0 aliphatic rings. The number of para-hydroxylation sites is 2. The summed E-state index contributed by atoms with van der Waals surface area (Å²) in [7, 11) is 0. The fourth-order valence-electron chi connectivity index (χ4n) is 4.08. The van der Waals surface area contributed by atoms with Crippen LogP contribution < -0.4 is 9.64 Å². The van der Waals surface area contributed by atoms with Crippen molar-refractivity contribution < 1.29 is 13.9 Å². The highest BCUT2D eigenvalue weighted by Gasteiger charge is 2.26. The van der Waals surface area contributed by atoms with Gasteiger partial charge in [-0.2, -0.15) is 0 Å². The normalized spacial score (nSPS) is 11.4. The third kappa shape index (κ3) is 4.17. The smallest absolute Gasteiger partial charge is 0.296 e. The zero-order chi connectivity index (χ0) is 23.7. The van der Waals surface area contributed by atoms with Crippen molar-refractivity contribution in [3.8, 4) is 5.75 Å². The third-order valence-corrected chi connectivity index (χ3v) is 6.78. The van der Waals surface area contributed by atoms with E-state index in [1.807, 2.05) is 55.5 Å². The minimum Gasteiger partial charge on any atom is -0.490 e. The first-order chi connectivity index (χ1) is 16.5. The van der Waals surface area contributed by atoms with Crippen LogP contribution in [-0.4, -0.2) is 17.5 Å². The van der Waals surface area contributed by atoms with Gasteiger partial charge in [-0.15, -0.1) is 0 Å². The van der Waals surface area contributed by atoms with Crippen molar-refractivity contribution in [2.75, 3.05) is 11.5 Å². The van der Waals surface area contributed by atoms with Crippen LogP contribution in [0.3, 0.4) is 0 Å². The van der Waals surface area contributed by atoms with E-state index in [0.717, 1.165) is 21.2 Å². The number of carbonyl (C=O) groups is 1. The summed E-state index contributed by atoms with van der Waals surface area (Å²) in [5.41, 5.74) is 3.73. The number of anilines is 1. The molecular weight excluding hydrogens is 444 g/mol. The second-order valence-corrected chi connectivity index (χ2v) is 9.45. The third-order valence-electron chi connectivity index (χ3n) is 5.74. The van der Waals surface area contributed by atoms with E-state index in [1.54, 1.807) is 11.0 Å². The van der Waals surface area contributed by atoms with E-state index in [4.69, 9.17) is 14.1 Å². The maximum Gasteiger partial charge on any atom is 0.296 e. The Bertz CT molecular complexity index is 1450. The Balaban J connectivity index is 1.60. The van der Waals surface area contributed by atoms with Crippen LogP contribution in [-0.2, 0) is 6.54 Å². The van der Waals surface area contributed by atoms with Crippen LogP contribution >= 0.6 is 11.3 Å². The molecule has 6 heteroatoms. The summed E-state index contributed by atoms with van der Waals surface area (Å²) in [6, 6.07) is 23.6. The number of hydrogen-bond donors (Lipinski definition) is 0. The van der Waals surface area contributed by atoms with E-state index in [2.05, 4.69) is 32.0 Å². The molecule has 0 radical (unpaired) electrons. The molecule has 2 aromatic heterocycles. The average Bonchev–Trinajstić information content (AvgIpc) is 3.47. The maximum absolute atomic E-state index is 13.8. The Kier molecular flexibility index (Phi) is 6.07. The van der Waals surface area contributed by atoms with E-state index in [0.29, 0.717) is 35.5 Å². The SMILES string of the molecule is CCOc1cccc2cc(C(=O)N(Cc3ccccc3)c3nc4c(C(C)C)cccc4s3)oc12. The van der Waals surface area contributed by atoms with Crippen LogP contribution in [0.1, 0.15) is 48.4 Å². The summed E-state index contributed by atoms with van der Waals surface area (Å²) in [6.45, 7) is 7.16. The Morgan fingerprint density at radius 3 is 2.62 bits per heavy atom. The standard InChI is InChI=1S/C28H26N2O3S/c1-4-32-22-14-8-12-20-16-23(33-26(20)22)27(31)30(17-19-10-6-5-7-11-19)28-29-25-21(18(2)3)13-9-15-24(25)34-28/h5-16,18H,4,17H2,1-3H3. The predicted molar refractivity (Wildman–Crippen MR) is 138 cm³/mol. The lowest BCUT2D eigenvalue weighted by Gasteiger charge is -2.18. The molecule has 0 fully saturated rings. The maximum atomic E-state index is 13.8. The summed E-state index contributed by atoms with van der Waals surface area (Å²) in [4.78, 5) is 20.5. The molecular formula is C28H26N2O3S. The molecule has 0 spiro atoms. The number of rotatable bonds is 7. The number of ether oxygens (including phenoxy) is 1. The topological polar surface area (TPSA) is 55.6 Å². The highest BCUT2D eigenvalue weighted by Crippen LogP contribution is 2.36. The second-order valence-electron chi connectivity index (χ2n) is 8.44. The molecule has 0 saturated heterocycles. The quantitative estimate of drug-likeness (QED) is 0.248. The van der Waals surface area contributed by atoms with Gasteiger partial charge in [0.1, 0.15) is 0 Å². The van der Waals surface area contributed by atoms with Crippen molar-refractivity contribution >= 4 is 43.6 Å². The van der Waals surface area contributed by atoms with Gasteiger partial charge < -0.3 is 9.15 Å². The molecule has 172 valence electrons. The highest BCUT2D eigenvalue weighted by molar-refractivity contribution is 7.22. The van der Waals surface area contributed by atoms with Gasteiger partial charge in [0.25, 0.3) is 5.91 Å². The van der Waals surface area contributed by atoms with Crippen molar-refractivity contribution in [3.63, 3.8) is 0 Å². The lowest BCUT2D eigenvalue weighted by atomic mass is 10.0. The highest BCUT2D eigenvalue weighted by atomic mass is 32.1. The zero-order valence-corrected chi connectivity index (χ0v) is 20.3. The monoisotopic (exact) mass is 470 g/mol. The lowest BCUT2D eigenvalue weighted by Crippen LogP contribution is -2.30. The number of hydrogen-bond acceptors (Lipinski definition) is 5. The summed E-state index contributed by atoms with van der Waals surface area (Å²) >= 11 is 1.52. The van der Waals surface area contributed by atoms with Crippen LogP contribution in [0.15, 0.2) is 77.2 Å². The van der Waals surface area contributed by atoms with Crippen LogP contribution in [0.4, 0.5) is 5.13 Å². The van der Waals surface area contributed by atoms with E-state index < -0.39 is 0 Å². The summed E-state index contributed by atoms with van der Waals surface area (Å²) in [5, 5.41) is 1.49. The average molecular weight is 471 g/mol. The number of benzene rings is 3. The minimum absolute atomic E-state index is 0.229. The van der Waals surface area contributed by atoms with Crippen molar-refractivity contribution in [1.82, 2.24) is 4.98 Å². The number of fused-ring (bicyclic) bond motifs is 2. The van der Waals surface area contributed by atoms with Gasteiger partial charge in [0.15, 0.2) is 22.2 Å². The molecule has 5 rings (SSSR count). The molecule has 1 amide bonds. The number of carbonyl (C=O) groups excluding carboxylic acids is 1. The predicted octanol–water partition coefficient (Wildman–Crippen LogP) is 7.41. The van der Waals surface area contributed by atoms with Gasteiger partial charge in [-0.1, -0.05) is 79.8 Å². The molecule has 2 heterocycles. The van der Waals surface area contributed by atoms with Gasteiger partial charge in [-0.3, -0.25) is 9.69 Å². The molecule has 5 nitrogen and oxygen atoms in total. The minimum atomic E-state index is -0.229. The largest absolute Gasteiger partial charge is 0.490 e. The van der Waals surface area contributed by atoms with Crippen molar-refractivity contribution in [3.05, 3.63) is 89.7 Å². The molecule has 0 N–H and O–H groups in total. The molecule has 34 heavy (non-hydrogen) atoms. The van der Waals surface area contributed by atoms with Crippen LogP contribution in [0.25, 0.3) is 21.2 Å². The van der Waals surface area contributed by atoms with Gasteiger partial charge in [0.2, 0.25) is 0 Å². The molecule has 0 unspecified atom stereocenters. The zero-order valence-electron chi connectivity index (χ0n) is 19.4. The first-order valence-corrected chi connectivity index (χ1v) is 12.3. The summed E-state index contributed by atoms with van der Waals surface area (Å²) in [5.74, 6) is 1.01. The van der Waals surface area contributed by atoms with Crippen LogP contribution in [0.2, 0.25) is 0 Å². The van der Waals surface area contributed by atoms with Gasteiger partial charge in [0, 0.05) is 5.39 Å². The lowest BCUT2D eigenvalue weighted by molar-refractivity contribution is 0.0960. The number of thiazole rings is 1. The van der Waals surface area contributed by atoms with E-state index >= 15 is 0 Å². The second kappa shape index (κ2) is 9.31. The van der Waals surface area contributed by atoms with Crippen molar-refractivity contribution in [2.45, 2.75) is 33.2 Å². The number of nitrogens with zero attached hydrogens (tertiary/aromatic N) is 2. The van der Waals surface area contributed by atoms with Gasteiger partial charge in [0.05, 0.1) is 23.4 Å². The summed E-state index contributed by atoms with van der Waals surface area (Å²) in [6.07, 6.45) is 0. The Morgan fingerprint density at radius 1 is 1.06 bits per heavy atom. The van der Waals surface area contributed by atoms with E-state index in [9.17, 15) is 4.79 Å². The number of aromatic nitrogens is 1. The molecule has 0 atom stereocenters. The van der Waals surface area contributed by atoms with Crippen molar-refractivity contribution in [2.24, 2.45) is 0 Å². The Morgan fingerprint density at radius 2 is 1.85 bits per heavy atom. The van der Waals surface area contributed by atoms with E-state index in [-0.39, 0.29) is 11.7 Å². The number of furan rings is 1. The van der Waals surface area contributed by atoms with Gasteiger partial charge >= 0.3 is 0 Å². The Hall–Kier alpha value is -3.64. The molecule has 0 bridgehead atoms. The molecule has 0 aliphatic heterocycles. The summed E-state index contributed by atoms with van der Waals surface area (Å²) < 4.78 is 12.8. The van der Waals surface area contributed by atoms with Gasteiger partial charge in [-0.05, 0) is 42.2 Å².